The van der Waals surface area contributed by atoms with Crippen LogP contribution in [0.5, 0.6) is 0 Å². The number of nitrogens with zero attached hydrogens (tertiary/aromatic N) is 4. The number of hydrogen-bond acceptors (Lipinski definition) is 8. The number of aliphatic hydroxyl groups is 2. The van der Waals surface area contributed by atoms with Crippen LogP contribution >= 0.6 is 46.7 Å². The summed E-state index contributed by atoms with van der Waals surface area (Å²) in [4.78, 5) is 14.9. The van der Waals surface area contributed by atoms with Crippen LogP contribution in [-0.4, -0.2) is 122 Å². The van der Waals surface area contributed by atoms with E-state index in [-0.39, 0.29) is 13.2 Å². The predicted molar refractivity (Wildman–Crippen MR) is 227 cm³/mol. The monoisotopic (exact) mass is 800 g/mol. The van der Waals surface area contributed by atoms with E-state index in [0.29, 0.717) is 0 Å². The maximum Gasteiger partial charge on any atom is 0.0558 e. The van der Waals surface area contributed by atoms with Gasteiger partial charge in [0.05, 0.1) is 13.2 Å². The molecule has 0 radical (unpaired) electrons. The van der Waals surface area contributed by atoms with Gasteiger partial charge in [0, 0.05) is 108 Å². The van der Waals surface area contributed by atoms with E-state index < -0.39 is 0 Å². The molecule has 284 valence electrons. The van der Waals surface area contributed by atoms with E-state index in [0.717, 1.165) is 101 Å². The van der Waals surface area contributed by atoms with Gasteiger partial charge in [-0.3, -0.25) is 9.80 Å². The van der Waals surface area contributed by atoms with Gasteiger partial charge in [-0.05, 0) is 94.8 Å². The third-order valence-corrected chi connectivity index (χ3v) is 13.4. The second-order valence-electron chi connectivity index (χ2n) is 14.1. The lowest BCUT2D eigenvalue weighted by Gasteiger charge is -2.34. The minimum absolute atomic E-state index is 0.255. The van der Waals surface area contributed by atoms with Crippen molar-refractivity contribution in [2.24, 2.45) is 0 Å². The van der Waals surface area contributed by atoms with Gasteiger partial charge in [0.15, 0.2) is 0 Å². The Morgan fingerprint density at radius 1 is 0.463 bits per heavy atom. The standard InChI is InChI=1S/2C22H25ClN2OS/c2*23-17-7-8-22-20(16-17)18(19-4-1-2-6-21(19)27-22)5-3-9-24-10-12-25(13-11-24)14-15-26/h2*1-2,4-8,16,26H,3,9-15H2/b2*18-5-. The summed E-state index contributed by atoms with van der Waals surface area (Å²) >= 11 is 16.2. The third kappa shape index (κ3) is 10.0. The molecule has 4 aliphatic heterocycles. The molecule has 2 fully saturated rings. The smallest absolute Gasteiger partial charge is 0.0558 e. The lowest BCUT2D eigenvalue weighted by Crippen LogP contribution is -2.47. The van der Waals surface area contributed by atoms with Crippen molar-refractivity contribution < 1.29 is 10.2 Å². The lowest BCUT2D eigenvalue weighted by atomic mass is 9.96. The summed E-state index contributed by atoms with van der Waals surface area (Å²) in [5, 5.41) is 19.7. The molecule has 0 amide bonds. The number of hydrogen-bond donors (Lipinski definition) is 2. The molecule has 2 N–H and O–H groups in total. The van der Waals surface area contributed by atoms with E-state index in [1.165, 1.54) is 53.0 Å². The van der Waals surface area contributed by atoms with Gasteiger partial charge in [-0.15, -0.1) is 0 Å². The highest BCUT2D eigenvalue weighted by atomic mass is 35.5. The lowest BCUT2D eigenvalue weighted by molar-refractivity contribution is 0.114. The molecular formula is C44H50Cl2N4O2S2. The molecule has 4 aromatic rings. The SMILES string of the molecule is OCCN1CCN(CC/C=C2/c3ccccc3Sc3ccc(Cl)cc32)CC1.OCCN1CCN(CC/C=C2/c3ccccc3Sc3ccc(Cl)cc32)CC1. The molecular weight excluding hydrogens is 752 g/mol. The Kier molecular flexibility index (Phi) is 14.3. The zero-order valence-corrected chi connectivity index (χ0v) is 34.0. The van der Waals surface area contributed by atoms with Gasteiger partial charge in [-0.25, -0.2) is 0 Å². The number of aliphatic hydroxyl groups excluding tert-OH is 2. The Labute approximate surface area is 339 Å². The molecule has 0 aliphatic carbocycles. The zero-order valence-electron chi connectivity index (χ0n) is 30.8. The number of rotatable bonds is 10. The van der Waals surface area contributed by atoms with Crippen LogP contribution in [0.4, 0.5) is 0 Å². The Morgan fingerprint density at radius 2 is 0.815 bits per heavy atom. The van der Waals surface area contributed by atoms with E-state index in [4.69, 9.17) is 33.4 Å². The molecule has 4 heterocycles. The molecule has 4 aromatic carbocycles. The van der Waals surface area contributed by atoms with Crippen LogP contribution in [0, 0.1) is 0 Å². The van der Waals surface area contributed by atoms with Crippen LogP contribution in [-0.2, 0) is 0 Å². The highest BCUT2D eigenvalue weighted by Gasteiger charge is 2.23. The highest BCUT2D eigenvalue weighted by Crippen LogP contribution is 2.47. The van der Waals surface area contributed by atoms with Gasteiger partial charge in [0.2, 0.25) is 0 Å². The van der Waals surface area contributed by atoms with E-state index in [9.17, 15) is 0 Å². The van der Waals surface area contributed by atoms with Gasteiger partial charge in [0.25, 0.3) is 0 Å². The molecule has 8 rings (SSSR count). The first-order chi connectivity index (χ1) is 26.5. The van der Waals surface area contributed by atoms with Crippen LogP contribution < -0.4 is 0 Å². The fraction of sp³-hybridized carbons (Fsp3) is 0.364. The van der Waals surface area contributed by atoms with Crippen molar-refractivity contribution in [3.63, 3.8) is 0 Å². The molecule has 0 saturated carbocycles. The average Bonchev–Trinajstić information content (AvgIpc) is 3.19. The summed E-state index contributed by atoms with van der Waals surface area (Å²) < 4.78 is 0. The molecule has 0 bridgehead atoms. The van der Waals surface area contributed by atoms with Crippen molar-refractivity contribution in [3.05, 3.63) is 129 Å². The van der Waals surface area contributed by atoms with E-state index in [2.05, 4.69) is 105 Å². The van der Waals surface area contributed by atoms with Crippen LogP contribution in [0.25, 0.3) is 11.1 Å². The second-order valence-corrected chi connectivity index (χ2v) is 17.1. The number of β-amino-alcohol motifs (C(OH)–C–C–N with tert-alkyl or cyclic N) is 2. The molecule has 0 atom stereocenters. The van der Waals surface area contributed by atoms with Crippen LogP contribution in [0.15, 0.2) is 117 Å². The van der Waals surface area contributed by atoms with Gasteiger partial charge in [-0.2, -0.15) is 0 Å². The molecule has 10 heteroatoms. The molecule has 2 saturated heterocycles. The van der Waals surface area contributed by atoms with Gasteiger partial charge in [-0.1, -0.05) is 95.3 Å². The summed E-state index contributed by atoms with van der Waals surface area (Å²) in [6.07, 6.45) is 6.82. The zero-order chi connectivity index (χ0) is 37.3. The summed E-state index contributed by atoms with van der Waals surface area (Å²) in [7, 11) is 0. The first kappa shape index (κ1) is 39.6. The topological polar surface area (TPSA) is 53.4 Å². The number of piperazine rings is 2. The van der Waals surface area contributed by atoms with Gasteiger partial charge in [0.1, 0.15) is 0 Å². The minimum Gasteiger partial charge on any atom is -0.395 e. The van der Waals surface area contributed by atoms with E-state index in [1.807, 2.05) is 35.7 Å². The van der Waals surface area contributed by atoms with Crippen LogP contribution in [0.2, 0.25) is 10.0 Å². The Bertz CT molecular complexity index is 1800. The predicted octanol–water partition coefficient (Wildman–Crippen LogP) is 8.47. The molecule has 54 heavy (non-hydrogen) atoms. The molecule has 4 aliphatic rings. The molecule has 6 nitrogen and oxygen atoms in total. The minimum atomic E-state index is 0.255. The van der Waals surface area contributed by atoms with Crippen molar-refractivity contribution in [1.82, 2.24) is 19.6 Å². The molecule has 0 unspecified atom stereocenters. The van der Waals surface area contributed by atoms with Crippen molar-refractivity contribution in [1.29, 1.82) is 0 Å². The Morgan fingerprint density at radius 3 is 1.20 bits per heavy atom. The fourth-order valence-corrected chi connectivity index (χ4v) is 10.2. The fourth-order valence-electron chi connectivity index (χ4n) is 7.67. The highest BCUT2D eigenvalue weighted by molar-refractivity contribution is 7.99. The van der Waals surface area contributed by atoms with Crippen molar-refractivity contribution >= 4 is 57.9 Å². The second kappa shape index (κ2) is 19.5. The summed E-state index contributed by atoms with van der Waals surface area (Å²) in [5.74, 6) is 0. The van der Waals surface area contributed by atoms with Crippen molar-refractivity contribution in [3.8, 4) is 0 Å². The first-order valence-corrected chi connectivity index (χ1v) is 21.5. The third-order valence-electron chi connectivity index (χ3n) is 10.6. The van der Waals surface area contributed by atoms with Crippen LogP contribution in [0.1, 0.15) is 35.1 Å². The average molecular weight is 802 g/mol. The number of halogens is 2. The van der Waals surface area contributed by atoms with E-state index in [1.54, 1.807) is 0 Å². The maximum absolute atomic E-state index is 9.08. The quantitative estimate of drug-likeness (QED) is 0.143. The van der Waals surface area contributed by atoms with E-state index >= 15 is 0 Å². The first-order valence-electron chi connectivity index (χ1n) is 19.1. The normalized spacial score (nSPS) is 19.1. The maximum atomic E-state index is 9.08. The largest absolute Gasteiger partial charge is 0.395 e. The number of fused-ring (bicyclic) bond motifs is 4. The Balaban J connectivity index is 0.000000167. The van der Waals surface area contributed by atoms with Crippen LogP contribution in [0.3, 0.4) is 0 Å². The van der Waals surface area contributed by atoms with Crippen molar-refractivity contribution in [2.45, 2.75) is 32.4 Å². The summed E-state index contributed by atoms with van der Waals surface area (Å²) in [5.41, 5.74) is 7.73. The summed E-state index contributed by atoms with van der Waals surface area (Å²) in [6, 6.07) is 29.7. The Hall–Kier alpha value is -2.60. The molecule has 0 aromatic heterocycles. The summed E-state index contributed by atoms with van der Waals surface area (Å²) in [6.45, 7) is 12.8. The van der Waals surface area contributed by atoms with Gasteiger partial charge < -0.3 is 20.0 Å². The van der Waals surface area contributed by atoms with Gasteiger partial charge >= 0.3 is 0 Å². The number of benzene rings is 4. The van der Waals surface area contributed by atoms with Crippen molar-refractivity contribution in [2.75, 3.05) is 91.8 Å². The molecule has 0 spiro atoms.